The molecular weight excluding hydrogens is 679 g/mol. The van der Waals surface area contributed by atoms with Gasteiger partial charge in [-0.15, -0.1) is 0 Å². The molecule has 4 N–H and O–H groups in total. The third-order valence-corrected chi connectivity index (χ3v) is 7.48. The van der Waals surface area contributed by atoms with Crippen LogP contribution in [0.5, 0.6) is 17.2 Å². The summed E-state index contributed by atoms with van der Waals surface area (Å²) >= 11 is 12.6. The number of halogens is 2. The van der Waals surface area contributed by atoms with E-state index in [0.29, 0.717) is 51.3 Å². The van der Waals surface area contributed by atoms with E-state index >= 15 is 0 Å². The molecule has 0 unspecified atom stereocenters. The van der Waals surface area contributed by atoms with Gasteiger partial charge in [-0.05, 0) is 68.3 Å². The average Bonchev–Trinajstić information content (AvgIpc) is 3.07. The molecule has 1 heterocycles. The molecule has 0 aliphatic carbocycles. The maximum Gasteiger partial charge on any atom is 0.338 e. The maximum atomic E-state index is 12.5. The molecule has 3 aromatic rings. The van der Waals surface area contributed by atoms with Gasteiger partial charge in [-0.3, -0.25) is 5.43 Å². The lowest BCUT2D eigenvalue weighted by Gasteiger charge is -2.28. The van der Waals surface area contributed by atoms with Gasteiger partial charge in [0.1, 0.15) is 19.0 Å². The molecule has 4 rings (SSSR count). The van der Waals surface area contributed by atoms with E-state index in [1.807, 2.05) is 0 Å². The van der Waals surface area contributed by atoms with Crippen LogP contribution in [0.2, 0.25) is 10.0 Å². The van der Waals surface area contributed by atoms with Crippen LogP contribution in [-0.4, -0.2) is 62.4 Å². The predicted molar refractivity (Wildman–Crippen MR) is 182 cm³/mol. The number of methoxy groups -OCH3 is 1. The van der Waals surface area contributed by atoms with Gasteiger partial charge in [0.25, 0.3) is 0 Å². The van der Waals surface area contributed by atoms with Crippen LogP contribution >= 0.6 is 23.2 Å². The number of allylic oxidation sites excluding steroid dienone is 1. The van der Waals surface area contributed by atoms with Crippen LogP contribution in [0.4, 0.5) is 4.79 Å². The lowest BCUT2D eigenvalue weighted by atomic mass is 9.95. The minimum atomic E-state index is -1.25. The zero-order valence-electron chi connectivity index (χ0n) is 27.2. The van der Waals surface area contributed by atoms with E-state index in [1.54, 1.807) is 69.3 Å². The molecule has 0 aromatic heterocycles. The molecule has 0 bridgehead atoms. The van der Waals surface area contributed by atoms with Crippen molar-refractivity contribution in [3.63, 3.8) is 0 Å². The second kappa shape index (κ2) is 17.4. The number of nitrogens with zero attached hydrogens (tertiary/aromatic N) is 1. The lowest BCUT2D eigenvalue weighted by molar-refractivity contribution is -0.136. The third-order valence-electron chi connectivity index (χ3n) is 6.98. The molecule has 0 saturated heterocycles. The molecule has 260 valence electrons. The van der Waals surface area contributed by atoms with Gasteiger partial charge in [0, 0.05) is 16.3 Å². The number of carbonyl (C=O) groups excluding carboxylic acids is 3. The summed E-state index contributed by atoms with van der Waals surface area (Å²) in [5.41, 5.74) is 5.40. The Morgan fingerprint density at radius 1 is 1.00 bits per heavy atom. The number of carbonyl (C=O) groups is 3. The van der Waals surface area contributed by atoms with Crippen LogP contribution in [0, 0.1) is 0 Å². The van der Waals surface area contributed by atoms with Crippen molar-refractivity contribution in [3.8, 4) is 17.2 Å². The highest BCUT2D eigenvalue weighted by atomic mass is 35.5. The summed E-state index contributed by atoms with van der Waals surface area (Å²) < 4.78 is 27.5. The van der Waals surface area contributed by atoms with E-state index in [0.717, 1.165) is 5.56 Å². The summed E-state index contributed by atoms with van der Waals surface area (Å²) in [6, 6.07) is 13.6. The maximum absolute atomic E-state index is 12.5. The molecule has 0 spiro atoms. The number of esters is 2. The minimum Gasteiger partial charge on any atom is -0.490 e. The van der Waals surface area contributed by atoms with Gasteiger partial charge in [0.2, 0.25) is 0 Å². The zero-order valence-corrected chi connectivity index (χ0v) is 28.7. The third kappa shape index (κ3) is 9.78. The van der Waals surface area contributed by atoms with Crippen molar-refractivity contribution in [2.24, 2.45) is 5.10 Å². The monoisotopic (exact) mass is 714 g/mol. The largest absolute Gasteiger partial charge is 0.490 e. The zero-order chi connectivity index (χ0) is 35.5. The number of hydrogen-bond donors (Lipinski definition) is 4. The van der Waals surface area contributed by atoms with Gasteiger partial charge in [0.15, 0.2) is 17.7 Å². The second-order valence-electron chi connectivity index (χ2n) is 10.4. The summed E-state index contributed by atoms with van der Waals surface area (Å²) in [6.45, 7) is 5.64. The molecule has 15 heteroatoms. The Morgan fingerprint density at radius 2 is 1.76 bits per heavy atom. The molecule has 13 nitrogen and oxygen atoms in total. The van der Waals surface area contributed by atoms with Gasteiger partial charge < -0.3 is 39.4 Å². The number of aliphatic hydroxyl groups is 1. The normalized spacial score (nSPS) is 14.8. The number of hydrazone groups is 1. The van der Waals surface area contributed by atoms with Crippen molar-refractivity contribution < 1.29 is 43.2 Å². The molecule has 3 aromatic carbocycles. The number of rotatable bonds is 15. The highest BCUT2D eigenvalue weighted by molar-refractivity contribution is 6.36. The fraction of sp³-hybridized carbons (Fsp3) is 0.294. The topological polar surface area (TPSA) is 166 Å². The molecule has 2 atom stereocenters. The second-order valence-corrected chi connectivity index (χ2v) is 11.3. The van der Waals surface area contributed by atoms with E-state index in [4.69, 9.17) is 46.9 Å². The fourth-order valence-electron chi connectivity index (χ4n) is 4.75. The van der Waals surface area contributed by atoms with E-state index in [-0.39, 0.29) is 30.4 Å². The summed E-state index contributed by atoms with van der Waals surface area (Å²) in [5, 5.41) is 20.6. The van der Waals surface area contributed by atoms with Crippen LogP contribution < -0.4 is 30.3 Å². The molecule has 49 heavy (non-hydrogen) atoms. The molecule has 0 saturated carbocycles. The number of nitrogens with one attached hydrogen (secondary N) is 3. The Balaban J connectivity index is 1.40. The van der Waals surface area contributed by atoms with Gasteiger partial charge in [-0.2, -0.15) is 5.10 Å². The minimum absolute atomic E-state index is 0.139. The number of benzene rings is 3. The molecule has 0 radical (unpaired) electrons. The van der Waals surface area contributed by atoms with Crippen molar-refractivity contribution in [2.45, 2.75) is 39.6 Å². The van der Waals surface area contributed by atoms with E-state index in [1.165, 1.54) is 19.4 Å². The number of aliphatic hydroxyl groups excluding tert-OH is 1. The molecular formula is C34H36Cl2N4O9. The van der Waals surface area contributed by atoms with Gasteiger partial charge in [-0.1, -0.05) is 41.4 Å². The number of amides is 2. The molecule has 1 aliphatic rings. The first kappa shape index (κ1) is 36.8. The number of urea groups is 1. The van der Waals surface area contributed by atoms with E-state index in [2.05, 4.69) is 21.2 Å². The van der Waals surface area contributed by atoms with Crippen LogP contribution in [0.1, 0.15) is 53.9 Å². The SMILES string of the molecule is CCOC(=O)c1ccc(COc2c(Cl)cc(Cl)cc2/C=N/N[C@H](O)COc2ccc([C@H]3NC(=O)NC(C)=C3C(=O)OC)cc2OCC)cc1. The first-order chi connectivity index (χ1) is 23.5. The quantitative estimate of drug-likeness (QED) is 0.0705. The van der Waals surface area contributed by atoms with Crippen molar-refractivity contribution in [1.29, 1.82) is 0 Å². The average molecular weight is 716 g/mol. The number of hydrogen-bond acceptors (Lipinski definition) is 11. The smallest absolute Gasteiger partial charge is 0.338 e. The Hall–Kier alpha value is -4.98. The number of ether oxygens (including phenoxy) is 5. The summed E-state index contributed by atoms with van der Waals surface area (Å²) in [5.74, 6) is -0.0542. The van der Waals surface area contributed by atoms with E-state index < -0.39 is 30.2 Å². The van der Waals surface area contributed by atoms with Crippen molar-refractivity contribution in [1.82, 2.24) is 16.1 Å². The first-order valence-corrected chi connectivity index (χ1v) is 15.9. The van der Waals surface area contributed by atoms with Gasteiger partial charge >= 0.3 is 18.0 Å². The molecule has 1 aliphatic heterocycles. The van der Waals surface area contributed by atoms with Crippen LogP contribution in [0.25, 0.3) is 0 Å². The lowest BCUT2D eigenvalue weighted by Crippen LogP contribution is -2.45. The first-order valence-electron chi connectivity index (χ1n) is 15.1. The Labute approximate surface area is 293 Å². The van der Waals surface area contributed by atoms with Crippen LogP contribution in [0.15, 0.2) is 71.0 Å². The summed E-state index contributed by atoms with van der Waals surface area (Å²) in [6.07, 6.45) is 0.144. The highest BCUT2D eigenvalue weighted by Gasteiger charge is 2.32. The predicted octanol–water partition coefficient (Wildman–Crippen LogP) is 5.27. The Morgan fingerprint density at radius 3 is 2.45 bits per heavy atom. The van der Waals surface area contributed by atoms with Crippen molar-refractivity contribution >= 4 is 47.4 Å². The van der Waals surface area contributed by atoms with Gasteiger partial charge in [0.05, 0.1) is 48.7 Å². The van der Waals surface area contributed by atoms with E-state index in [9.17, 15) is 19.5 Å². The summed E-state index contributed by atoms with van der Waals surface area (Å²) in [7, 11) is 1.26. The Kier molecular flexibility index (Phi) is 13.1. The Bertz CT molecular complexity index is 1730. The van der Waals surface area contributed by atoms with Crippen LogP contribution in [0.3, 0.4) is 0 Å². The van der Waals surface area contributed by atoms with Crippen molar-refractivity contribution in [2.75, 3.05) is 26.9 Å². The standard InChI is InChI=1S/C34H36Cl2N4O9/c1-5-46-27-14-22(30-29(33(43)45-4)19(3)38-34(44)39-30)11-12-26(27)48-18-28(41)40-37-16-23-13-24(35)15-25(36)31(23)49-17-20-7-9-21(10-8-20)32(42)47-6-2/h7-16,28,30,40-41H,5-6,17-18H2,1-4H3,(H2,38,39,44)/b37-16+/t28-,30-/m1/s1. The van der Waals surface area contributed by atoms with Crippen LogP contribution in [-0.2, 0) is 20.9 Å². The molecule has 0 fully saturated rings. The van der Waals surface area contributed by atoms with Gasteiger partial charge in [-0.25, -0.2) is 14.4 Å². The van der Waals surface area contributed by atoms with Crippen molar-refractivity contribution in [3.05, 3.63) is 98.2 Å². The summed E-state index contributed by atoms with van der Waals surface area (Å²) in [4.78, 5) is 36.6. The fourth-order valence-corrected chi connectivity index (χ4v) is 5.31. The molecule has 2 amide bonds. The highest BCUT2D eigenvalue weighted by Crippen LogP contribution is 2.35.